The highest BCUT2D eigenvalue weighted by Crippen LogP contribution is 2.32. The van der Waals surface area contributed by atoms with Crippen LogP contribution in [0.15, 0.2) is 77.4 Å². The summed E-state index contributed by atoms with van der Waals surface area (Å²) in [5, 5.41) is 3.12. The number of halogens is 1. The summed E-state index contributed by atoms with van der Waals surface area (Å²) in [7, 11) is 0. The summed E-state index contributed by atoms with van der Waals surface area (Å²) in [5.74, 6) is -0.216. The van der Waals surface area contributed by atoms with Crippen LogP contribution in [0, 0.1) is 0 Å². The van der Waals surface area contributed by atoms with Gasteiger partial charge in [0.25, 0.3) is 11.8 Å². The monoisotopic (exact) mass is 451 g/mol. The van der Waals surface area contributed by atoms with Crippen molar-refractivity contribution in [2.45, 2.75) is 6.54 Å². The minimum absolute atomic E-state index is 0.102. The van der Waals surface area contributed by atoms with Crippen LogP contribution in [0.3, 0.4) is 0 Å². The fourth-order valence-electron chi connectivity index (χ4n) is 3.12. The molecule has 7 heteroatoms. The fraction of sp³-hybridized carbons (Fsp3) is 0.0909. The summed E-state index contributed by atoms with van der Waals surface area (Å²) < 4.78 is 8.19. The van der Waals surface area contributed by atoms with Crippen molar-refractivity contribution >= 4 is 49.4 Å². The molecule has 4 rings (SSSR count). The molecular weight excluding hydrogens is 434 g/mol. The molecule has 0 atom stereocenters. The van der Waals surface area contributed by atoms with Crippen molar-refractivity contribution in [3.8, 4) is 5.75 Å². The Morgan fingerprint density at radius 3 is 2.45 bits per heavy atom. The van der Waals surface area contributed by atoms with Gasteiger partial charge in [0.2, 0.25) is 0 Å². The van der Waals surface area contributed by atoms with E-state index in [1.807, 2.05) is 71.4 Å². The Hall–Kier alpha value is -3.32. The molecule has 0 aliphatic rings. The first kappa shape index (κ1) is 19.0. The van der Waals surface area contributed by atoms with E-state index in [-0.39, 0.29) is 19.1 Å². The molecule has 0 aliphatic carbocycles. The van der Waals surface area contributed by atoms with Gasteiger partial charge in [-0.1, -0.05) is 48.5 Å². The lowest BCUT2D eigenvalue weighted by Crippen LogP contribution is -2.45. The van der Waals surface area contributed by atoms with Gasteiger partial charge in [0, 0.05) is 11.7 Å². The number of benzene rings is 3. The Kier molecular flexibility index (Phi) is 5.48. The number of hydrogen-bond donors (Lipinski definition) is 2. The molecule has 0 bridgehead atoms. The summed E-state index contributed by atoms with van der Waals surface area (Å²) >= 11 is 3.52. The number of carbonyl (C=O) groups excluding carboxylic acids is 2. The van der Waals surface area contributed by atoms with E-state index in [0.29, 0.717) is 5.75 Å². The number of amides is 2. The van der Waals surface area contributed by atoms with Crippen LogP contribution < -0.4 is 15.6 Å². The van der Waals surface area contributed by atoms with Gasteiger partial charge < -0.3 is 9.30 Å². The minimum atomic E-state index is -0.448. The zero-order chi connectivity index (χ0) is 20.2. The van der Waals surface area contributed by atoms with Gasteiger partial charge in [-0.05, 0) is 50.3 Å². The van der Waals surface area contributed by atoms with Crippen molar-refractivity contribution in [2.75, 3.05) is 6.61 Å². The molecule has 0 spiro atoms. The second kappa shape index (κ2) is 8.36. The number of ether oxygens (including phenoxy) is 1. The molecule has 4 aromatic rings. The van der Waals surface area contributed by atoms with Crippen molar-refractivity contribution < 1.29 is 14.3 Å². The number of hydrazine groups is 1. The minimum Gasteiger partial charge on any atom is -0.483 e. The quantitative estimate of drug-likeness (QED) is 0.453. The van der Waals surface area contributed by atoms with Gasteiger partial charge in [0.15, 0.2) is 6.61 Å². The van der Waals surface area contributed by atoms with Crippen molar-refractivity contribution in [2.24, 2.45) is 0 Å². The first-order valence-electron chi connectivity index (χ1n) is 9.03. The maximum Gasteiger partial charge on any atom is 0.276 e. The number of nitrogens with zero attached hydrogens (tertiary/aromatic N) is 1. The van der Waals surface area contributed by atoms with Crippen LogP contribution in [-0.4, -0.2) is 23.0 Å². The molecule has 29 heavy (non-hydrogen) atoms. The Balaban J connectivity index is 1.30. The van der Waals surface area contributed by atoms with Gasteiger partial charge in [-0.15, -0.1) is 0 Å². The second-order valence-corrected chi connectivity index (χ2v) is 7.28. The molecule has 1 aromatic heterocycles. The normalized spacial score (nSPS) is 10.8. The number of aromatic nitrogens is 1. The predicted octanol–water partition coefficient (Wildman–Crippen LogP) is 3.78. The smallest absolute Gasteiger partial charge is 0.276 e. The van der Waals surface area contributed by atoms with Gasteiger partial charge in [0.1, 0.15) is 12.3 Å². The van der Waals surface area contributed by atoms with Crippen molar-refractivity contribution in [1.82, 2.24) is 15.4 Å². The third-order valence-corrected chi connectivity index (χ3v) is 5.34. The van der Waals surface area contributed by atoms with Crippen LogP contribution in [0.5, 0.6) is 5.75 Å². The van der Waals surface area contributed by atoms with Crippen molar-refractivity contribution in [1.29, 1.82) is 0 Å². The van der Waals surface area contributed by atoms with Crippen LogP contribution in [0.1, 0.15) is 0 Å². The van der Waals surface area contributed by atoms with Gasteiger partial charge >= 0.3 is 0 Å². The molecule has 0 aliphatic heterocycles. The molecule has 0 unspecified atom stereocenters. The first-order valence-corrected chi connectivity index (χ1v) is 9.83. The largest absolute Gasteiger partial charge is 0.483 e. The lowest BCUT2D eigenvalue weighted by molar-refractivity contribution is -0.130. The lowest BCUT2D eigenvalue weighted by atomic mass is 10.1. The van der Waals surface area contributed by atoms with Crippen LogP contribution in [0.2, 0.25) is 0 Å². The Morgan fingerprint density at radius 2 is 1.59 bits per heavy atom. The highest BCUT2D eigenvalue weighted by molar-refractivity contribution is 9.10. The number of fused-ring (bicyclic) bond motifs is 2. The zero-order valence-corrected chi connectivity index (χ0v) is 17.0. The van der Waals surface area contributed by atoms with Gasteiger partial charge in [-0.25, -0.2) is 0 Å². The Bertz CT molecular complexity index is 1200. The Morgan fingerprint density at radius 1 is 0.862 bits per heavy atom. The van der Waals surface area contributed by atoms with Crippen molar-refractivity contribution in [3.63, 3.8) is 0 Å². The first-order chi connectivity index (χ1) is 14.1. The zero-order valence-electron chi connectivity index (χ0n) is 15.4. The summed E-state index contributed by atoms with van der Waals surface area (Å²) in [5.41, 5.74) is 5.75. The maximum absolute atomic E-state index is 12.1. The molecule has 0 saturated heterocycles. The number of rotatable bonds is 5. The summed E-state index contributed by atoms with van der Waals surface area (Å²) in [6.45, 7) is -0.117. The van der Waals surface area contributed by atoms with Crippen LogP contribution in [-0.2, 0) is 16.1 Å². The van der Waals surface area contributed by atoms with Crippen LogP contribution in [0.4, 0.5) is 0 Å². The average molecular weight is 452 g/mol. The third kappa shape index (κ3) is 4.25. The van der Waals surface area contributed by atoms with E-state index in [2.05, 4.69) is 26.8 Å². The predicted molar refractivity (Wildman–Crippen MR) is 115 cm³/mol. The highest BCUT2D eigenvalue weighted by Gasteiger charge is 2.10. The van der Waals surface area contributed by atoms with Crippen LogP contribution in [0.25, 0.3) is 21.7 Å². The number of carbonyl (C=O) groups is 2. The molecule has 0 radical (unpaired) electrons. The van der Waals surface area contributed by atoms with E-state index in [9.17, 15) is 9.59 Å². The van der Waals surface area contributed by atoms with Crippen LogP contribution >= 0.6 is 15.9 Å². The maximum atomic E-state index is 12.1. The molecule has 0 saturated carbocycles. The molecule has 146 valence electrons. The van der Waals surface area contributed by atoms with Gasteiger partial charge in [-0.3, -0.25) is 20.4 Å². The topological polar surface area (TPSA) is 72.4 Å². The van der Waals surface area contributed by atoms with E-state index in [0.717, 1.165) is 26.1 Å². The van der Waals surface area contributed by atoms with Crippen molar-refractivity contribution in [3.05, 3.63) is 77.4 Å². The third-order valence-electron chi connectivity index (χ3n) is 4.52. The van der Waals surface area contributed by atoms with Gasteiger partial charge in [0.05, 0.1) is 4.47 Å². The number of hydrogen-bond acceptors (Lipinski definition) is 3. The summed E-state index contributed by atoms with van der Waals surface area (Å²) in [6.07, 6.45) is 1.84. The molecule has 1 heterocycles. The average Bonchev–Trinajstić information content (AvgIpc) is 3.15. The summed E-state index contributed by atoms with van der Waals surface area (Å²) in [4.78, 5) is 24.2. The SMILES string of the molecule is O=C(COc1ccc2ccccc2c1Br)NNC(=O)Cn1ccc2ccccc21. The molecule has 6 nitrogen and oxygen atoms in total. The second-order valence-electron chi connectivity index (χ2n) is 6.49. The van der Waals surface area contributed by atoms with Gasteiger partial charge in [-0.2, -0.15) is 0 Å². The fourth-order valence-corrected chi connectivity index (χ4v) is 3.72. The molecule has 2 N–H and O–H groups in total. The van der Waals surface area contributed by atoms with E-state index in [1.54, 1.807) is 6.07 Å². The molecule has 3 aromatic carbocycles. The standard InChI is InChI=1S/C22H18BrN3O3/c23-22-17-7-3-1-5-15(17)9-10-19(22)29-14-21(28)25-24-20(27)13-26-12-11-16-6-2-4-8-18(16)26/h1-12H,13-14H2,(H,24,27)(H,25,28). The number of para-hydroxylation sites is 1. The lowest BCUT2D eigenvalue weighted by Gasteiger charge is -2.12. The van der Waals surface area contributed by atoms with E-state index >= 15 is 0 Å². The number of nitrogens with one attached hydrogen (secondary N) is 2. The van der Waals surface area contributed by atoms with E-state index < -0.39 is 5.91 Å². The summed E-state index contributed by atoms with van der Waals surface area (Å²) in [6, 6.07) is 21.3. The van der Waals surface area contributed by atoms with E-state index in [1.165, 1.54) is 0 Å². The molecule has 2 amide bonds. The highest BCUT2D eigenvalue weighted by atomic mass is 79.9. The molecular formula is C22H18BrN3O3. The Labute approximate surface area is 175 Å². The van der Waals surface area contributed by atoms with E-state index in [4.69, 9.17) is 4.74 Å². The molecule has 0 fully saturated rings.